The van der Waals surface area contributed by atoms with E-state index in [1.807, 2.05) is 35.2 Å². The molecule has 0 aliphatic carbocycles. The van der Waals surface area contributed by atoms with Gasteiger partial charge in [-0.15, -0.1) is 0 Å². The maximum atomic E-state index is 12.7. The molecule has 1 amide bonds. The van der Waals surface area contributed by atoms with Crippen LogP contribution in [0.25, 0.3) is 0 Å². The van der Waals surface area contributed by atoms with Gasteiger partial charge in [0.1, 0.15) is 12.3 Å². The molecule has 27 heavy (non-hydrogen) atoms. The van der Waals surface area contributed by atoms with E-state index in [1.54, 1.807) is 13.3 Å². The summed E-state index contributed by atoms with van der Waals surface area (Å²) in [5.74, 6) is 0.162. The number of amides is 1. The molecule has 1 aromatic carbocycles. The Morgan fingerprint density at radius 3 is 2.74 bits per heavy atom. The quantitative estimate of drug-likeness (QED) is 0.807. The highest BCUT2D eigenvalue weighted by Gasteiger charge is 2.27. The Balaban J connectivity index is 1.57. The van der Waals surface area contributed by atoms with Crippen LogP contribution in [0.4, 0.5) is 0 Å². The summed E-state index contributed by atoms with van der Waals surface area (Å²) in [5.41, 5.74) is 2.00. The Hall–Kier alpha value is -2.83. The van der Waals surface area contributed by atoms with Crippen molar-refractivity contribution in [1.29, 1.82) is 0 Å². The van der Waals surface area contributed by atoms with Gasteiger partial charge >= 0.3 is 5.97 Å². The van der Waals surface area contributed by atoms with Crippen LogP contribution in [0.1, 0.15) is 36.4 Å². The first-order chi connectivity index (χ1) is 13.1. The summed E-state index contributed by atoms with van der Waals surface area (Å²) in [7, 11) is 1.63. The number of likely N-dealkylation sites (tertiary alicyclic amines) is 1. The smallest absolute Gasteiger partial charge is 0.325 e. The topological polar surface area (TPSA) is 84.7 Å². The number of benzene rings is 1. The van der Waals surface area contributed by atoms with Gasteiger partial charge in [0.25, 0.3) is 0 Å². The van der Waals surface area contributed by atoms with Crippen LogP contribution >= 0.6 is 0 Å². The van der Waals surface area contributed by atoms with Crippen molar-refractivity contribution in [3.63, 3.8) is 0 Å². The number of piperidine rings is 1. The molecule has 1 fully saturated rings. The molecule has 7 nitrogen and oxygen atoms in total. The van der Waals surface area contributed by atoms with Crippen LogP contribution < -0.4 is 4.74 Å². The van der Waals surface area contributed by atoms with Crippen LogP contribution in [0.3, 0.4) is 0 Å². The van der Waals surface area contributed by atoms with Gasteiger partial charge in [0.05, 0.1) is 7.11 Å². The Kier molecular flexibility index (Phi) is 6.11. The first-order valence-electron chi connectivity index (χ1n) is 9.21. The largest absolute Gasteiger partial charge is 0.497 e. The van der Waals surface area contributed by atoms with Gasteiger partial charge in [0, 0.05) is 37.3 Å². The highest BCUT2D eigenvalue weighted by molar-refractivity contribution is 5.76. The number of rotatable bonds is 7. The molecule has 144 valence electrons. The number of carboxylic acids is 1. The maximum Gasteiger partial charge on any atom is 0.325 e. The number of methoxy groups -OCH3 is 1. The van der Waals surface area contributed by atoms with Crippen molar-refractivity contribution >= 4 is 11.9 Å². The van der Waals surface area contributed by atoms with Gasteiger partial charge in [-0.25, -0.2) is 0 Å². The first-order valence-corrected chi connectivity index (χ1v) is 9.21. The first kappa shape index (κ1) is 18.9. The van der Waals surface area contributed by atoms with Crippen LogP contribution in [-0.4, -0.2) is 51.9 Å². The number of nitrogens with zero attached hydrogens (tertiary/aromatic N) is 3. The molecule has 3 rings (SSSR count). The van der Waals surface area contributed by atoms with Crippen molar-refractivity contribution in [1.82, 2.24) is 14.7 Å². The molecule has 0 bridgehead atoms. The molecule has 1 aliphatic heterocycles. The molecule has 0 saturated carbocycles. The standard InChI is InChI=1S/C20H25N3O4/c1-27-17-7-4-15(5-8-17)6-9-19(24)22-12-2-3-16(13-22)18-10-11-21-23(18)14-20(25)26/h4-5,7-8,10-11,16H,2-3,6,9,12-14H2,1H3,(H,25,26)/t16-/m0/s1. The molecule has 0 spiro atoms. The van der Waals surface area contributed by atoms with Crippen LogP contribution in [0.15, 0.2) is 36.5 Å². The predicted molar refractivity (Wildman–Crippen MR) is 99.7 cm³/mol. The van der Waals surface area contributed by atoms with Gasteiger partial charge in [-0.2, -0.15) is 5.10 Å². The number of aliphatic carboxylic acids is 1. The maximum absolute atomic E-state index is 12.7. The number of carboxylic acid groups (broad SMARTS) is 1. The Morgan fingerprint density at radius 1 is 1.26 bits per heavy atom. The second kappa shape index (κ2) is 8.70. The molecule has 0 radical (unpaired) electrons. The fourth-order valence-electron chi connectivity index (χ4n) is 3.60. The molecule has 0 unspecified atom stereocenters. The number of carbonyl (C=O) groups is 2. The summed E-state index contributed by atoms with van der Waals surface area (Å²) in [6, 6.07) is 9.63. The van der Waals surface area contributed by atoms with E-state index in [2.05, 4.69) is 5.10 Å². The second-order valence-electron chi connectivity index (χ2n) is 6.83. The lowest BCUT2D eigenvalue weighted by atomic mass is 9.94. The summed E-state index contributed by atoms with van der Waals surface area (Å²) in [4.78, 5) is 25.6. The number of aryl methyl sites for hydroxylation is 1. The normalized spacial score (nSPS) is 16.9. The zero-order valence-electron chi connectivity index (χ0n) is 15.5. The average Bonchev–Trinajstić information content (AvgIpc) is 3.14. The minimum absolute atomic E-state index is 0.130. The van der Waals surface area contributed by atoms with E-state index >= 15 is 0 Å². The Bertz CT molecular complexity index is 785. The Labute approximate surface area is 158 Å². The molecule has 7 heteroatoms. The number of hydrogen-bond acceptors (Lipinski definition) is 4. The van der Waals surface area contributed by atoms with Gasteiger partial charge in [-0.05, 0) is 43.0 Å². The van der Waals surface area contributed by atoms with Crippen molar-refractivity contribution in [2.45, 2.75) is 38.1 Å². The third-order valence-corrected chi connectivity index (χ3v) is 5.01. The van der Waals surface area contributed by atoms with Gasteiger partial charge in [-0.1, -0.05) is 12.1 Å². The highest BCUT2D eigenvalue weighted by atomic mass is 16.5. The number of ether oxygens (including phenoxy) is 1. The lowest BCUT2D eigenvalue weighted by Crippen LogP contribution is -2.39. The summed E-state index contributed by atoms with van der Waals surface area (Å²) < 4.78 is 6.68. The fourth-order valence-corrected chi connectivity index (χ4v) is 3.60. The summed E-state index contributed by atoms with van der Waals surface area (Å²) in [5, 5.41) is 13.1. The lowest BCUT2D eigenvalue weighted by Gasteiger charge is -2.33. The molecule has 1 aliphatic rings. The molecule has 2 heterocycles. The van der Waals surface area contributed by atoms with Crippen molar-refractivity contribution < 1.29 is 19.4 Å². The lowest BCUT2D eigenvalue weighted by molar-refractivity contribution is -0.138. The minimum atomic E-state index is -0.914. The minimum Gasteiger partial charge on any atom is -0.497 e. The Morgan fingerprint density at radius 2 is 2.04 bits per heavy atom. The SMILES string of the molecule is COc1ccc(CCC(=O)N2CCC[C@H](c3ccnn3CC(=O)O)C2)cc1. The predicted octanol–water partition coefficient (Wildman–Crippen LogP) is 2.32. The highest BCUT2D eigenvalue weighted by Crippen LogP contribution is 2.27. The second-order valence-corrected chi connectivity index (χ2v) is 6.83. The molecular weight excluding hydrogens is 346 g/mol. The molecule has 1 saturated heterocycles. The molecule has 2 aromatic rings. The average molecular weight is 371 g/mol. The summed E-state index contributed by atoms with van der Waals surface area (Å²) in [6.45, 7) is 1.22. The molecular formula is C20H25N3O4. The van der Waals surface area contributed by atoms with E-state index in [0.717, 1.165) is 36.4 Å². The van der Waals surface area contributed by atoms with E-state index in [4.69, 9.17) is 9.84 Å². The third kappa shape index (κ3) is 4.87. The monoisotopic (exact) mass is 371 g/mol. The van der Waals surface area contributed by atoms with Crippen LogP contribution in [0, 0.1) is 0 Å². The number of carbonyl (C=O) groups excluding carboxylic acids is 1. The number of aromatic nitrogens is 2. The number of hydrogen-bond donors (Lipinski definition) is 1. The van der Waals surface area contributed by atoms with E-state index in [9.17, 15) is 9.59 Å². The third-order valence-electron chi connectivity index (χ3n) is 5.01. The van der Waals surface area contributed by atoms with Gasteiger partial charge in [0.15, 0.2) is 0 Å². The van der Waals surface area contributed by atoms with Gasteiger partial charge < -0.3 is 14.7 Å². The summed E-state index contributed by atoms with van der Waals surface area (Å²) >= 11 is 0. The fraction of sp³-hybridized carbons (Fsp3) is 0.450. The van der Waals surface area contributed by atoms with Crippen molar-refractivity contribution in [3.8, 4) is 5.75 Å². The van der Waals surface area contributed by atoms with Gasteiger partial charge in [-0.3, -0.25) is 14.3 Å². The molecule has 1 atom stereocenters. The van der Waals surface area contributed by atoms with Crippen molar-refractivity contribution in [3.05, 3.63) is 47.8 Å². The van der Waals surface area contributed by atoms with Crippen LogP contribution in [0.5, 0.6) is 5.75 Å². The van der Waals surface area contributed by atoms with E-state index in [0.29, 0.717) is 19.4 Å². The van der Waals surface area contributed by atoms with Crippen molar-refractivity contribution in [2.75, 3.05) is 20.2 Å². The van der Waals surface area contributed by atoms with E-state index < -0.39 is 5.97 Å². The zero-order chi connectivity index (χ0) is 19.2. The van der Waals surface area contributed by atoms with E-state index in [-0.39, 0.29) is 18.4 Å². The van der Waals surface area contributed by atoms with Crippen LogP contribution in [-0.2, 0) is 22.6 Å². The van der Waals surface area contributed by atoms with Crippen LogP contribution in [0.2, 0.25) is 0 Å². The zero-order valence-corrected chi connectivity index (χ0v) is 15.5. The van der Waals surface area contributed by atoms with E-state index in [1.165, 1.54) is 4.68 Å². The van der Waals surface area contributed by atoms with Crippen molar-refractivity contribution in [2.24, 2.45) is 0 Å². The molecule has 1 aromatic heterocycles. The van der Waals surface area contributed by atoms with Gasteiger partial charge in [0.2, 0.25) is 5.91 Å². The summed E-state index contributed by atoms with van der Waals surface area (Å²) in [6.07, 6.45) is 4.64. The molecule has 1 N–H and O–H groups in total.